The highest BCUT2D eigenvalue weighted by molar-refractivity contribution is 5.89. The van der Waals surface area contributed by atoms with Crippen molar-refractivity contribution in [3.63, 3.8) is 0 Å². The maximum atomic E-state index is 11.6. The third-order valence-corrected chi connectivity index (χ3v) is 11.1. The van der Waals surface area contributed by atoms with Crippen LogP contribution in [0.4, 0.5) is 0 Å². The fourth-order valence-corrected chi connectivity index (χ4v) is 9.27. The maximum absolute atomic E-state index is 11.6. The molecule has 2 saturated carbocycles. The van der Waals surface area contributed by atoms with Gasteiger partial charge in [0.15, 0.2) is 7.14 Å². The first kappa shape index (κ1) is 25.5. The van der Waals surface area contributed by atoms with E-state index in [4.69, 9.17) is 0 Å². The number of fused-ring (bicyclic) bond motifs is 2. The van der Waals surface area contributed by atoms with Crippen molar-refractivity contribution >= 4 is 5.78 Å². The highest BCUT2D eigenvalue weighted by Crippen LogP contribution is 2.63. The first-order valence-electron chi connectivity index (χ1n) is 12.0. The maximum Gasteiger partial charge on any atom is 0.358 e. The monoisotopic (exact) mass is 545 g/mol. The third kappa shape index (κ3) is 4.86. The standard InChI is InChI=1S/C20H26I.C10H16O/c1-19(2,3)15-11-7-9-13-17(15)21-18-14-10-8-12-16(18)20(4,5)6;1-9(2)7-4-5-10(9,3)8(11)6-7/h7-14H,1-6H3;7H,4-6H2,1-3H3/q+1;. The molecule has 0 aromatic heterocycles. The molecular weight excluding hydrogens is 503 g/mol. The number of ketones is 1. The summed E-state index contributed by atoms with van der Waals surface area (Å²) in [5.41, 5.74) is 3.74. The number of halogens is 1. The Balaban J connectivity index is 0.000000219. The van der Waals surface area contributed by atoms with Crippen molar-refractivity contribution in [2.45, 2.75) is 92.4 Å². The summed E-state index contributed by atoms with van der Waals surface area (Å²) in [6.07, 6.45) is 3.25. The van der Waals surface area contributed by atoms with Crippen molar-refractivity contribution in [1.29, 1.82) is 0 Å². The summed E-state index contributed by atoms with van der Waals surface area (Å²) in [6, 6.07) is 18.0. The van der Waals surface area contributed by atoms with E-state index in [9.17, 15) is 4.79 Å². The molecule has 0 spiro atoms. The van der Waals surface area contributed by atoms with Crippen molar-refractivity contribution < 1.29 is 26.0 Å². The first-order chi connectivity index (χ1) is 14.7. The van der Waals surface area contributed by atoms with Gasteiger partial charge in [-0.3, -0.25) is 4.79 Å². The normalized spacial score (nSPS) is 24.3. The summed E-state index contributed by atoms with van der Waals surface area (Å²) >= 11 is -0.147. The number of Topliss-reactive ketones (excluding diaryl/α,β-unsaturated/α-hetero) is 1. The van der Waals surface area contributed by atoms with Crippen LogP contribution in [-0.2, 0) is 15.6 Å². The molecule has 2 bridgehead atoms. The van der Waals surface area contributed by atoms with Crippen LogP contribution in [0.25, 0.3) is 0 Å². The molecule has 4 rings (SSSR count). The van der Waals surface area contributed by atoms with Crippen LogP contribution in [0, 0.1) is 23.9 Å². The Bertz CT molecular complexity index is 917. The third-order valence-electron chi connectivity index (χ3n) is 8.05. The fourth-order valence-electron chi connectivity index (χ4n) is 5.31. The number of carbonyl (C=O) groups excluding carboxylic acids is 1. The number of carbonyl (C=O) groups is 1. The van der Waals surface area contributed by atoms with Crippen molar-refractivity contribution in [2.24, 2.45) is 16.7 Å². The molecule has 2 unspecified atom stereocenters. The minimum absolute atomic E-state index is 0.0255. The second kappa shape index (κ2) is 8.89. The van der Waals surface area contributed by atoms with E-state index in [0.29, 0.717) is 11.7 Å². The quantitative estimate of drug-likeness (QED) is 0.495. The van der Waals surface area contributed by atoms with Gasteiger partial charge in [-0.2, -0.15) is 0 Å². The van der Waals surface area contributed by atoms with Gasteiger partial charge >= 0.3 is 21.2 Å². The Morgan fingerprint density at radius 3 is 1.50 bits per heavy atom. The minimum atomic E-state index is -0.147. The summed E-state index contributed by atoms with van der Waals surface area (Å²) < 4.78 is 3.11. The summed E-state index contributed by atoms with van der Waals surface area (Å²) in [4.78, 5) is 11.6. The lowest BCUT2D eigenvalue weighted by Gasteiger charge is -2.32. The second-order valence-corrected chi connectivity index (χ2v) is 15.3. The Morgan fingerprint density at radius 1 is 0.781 bits per heavy atom. The zero-order valence-corrected chi connectivity index (χ0v) is 23.8. The molecule has 32 heavy (non-hydrogen) atoms. The SMILES string of the molecule is CC(C)(C)c1ccccc1[I+]c1ccccc1C(C)(C)C.CC12CCC(CC1=O)C2(C)C. The van der Waals surface area contributed by atoms with Gasteiger partial charge in [-0.15, -0.1) is 0 Å². The smallest absolute Gasteiger partial charge is 0.299 e. The molecule has 2 fully saturated rings. The summed E-state index contributed by atoms with van der Waals surface area (Å²) in [5, 5.41) is 0. The summed E-state index contributed by atoms with van der Waals surface area (Å²) in [6.45, 7) is 20.5. The van der Waals surface area contributed by atoms with Gasteiger partial charge in [0.25, 0.3) is 0 Å². The van der Waals surface area contributed by atoms with Crippen molar-refractivity contribution in [1.82, 2.24) is 0 Å². The molecule has 0 aliphatic heterocycles. The van der Waals surface area contributed by atoms with Gasteiger partial charge in [0.2, 0.25) is 0 Å². The zero-order chi connectivity index (χ0) is 23.9. The van der Waals surface area contributed by atoms with Crippen LogP contribution in [0.3, 0.4) is 0 Å². The highest BCUT2D eigenvalue weighted by atomic mass is 127. The van der Waals surface area contributed by atoms with Crippen LogP contribution < -0.4 is 21.2 Å². The summed E-state index contributed by atoms with van der Waals surface area (Å²) in [5.74, 6) is 1.19. The Morgan fingerprint density at radius 2 is 1.22 bits per heavy atom. The largest absolute Gasteiger partial charge is 0.358 e. The molecule has 1 nitrogen and oxygen atoms in total. The lowest BCUT2D eigenvalue weighted by molar-refractivity contribution is -0.599. The molecule has 2 aliphatic carbocycles. The van der Waals surface area contributed by atoms with Crippen molar-refractivity contribution in [2.75, 3.05) is 0 Å². The molecule has 0 heterocycles. The van der Waals surface area contributed by atoms with Crippen LogP contribution in [0.5, 0.6) is 0 Å². The van der Waals surface area contributed by atoms with E-state index in [1.807, 2.05) is 0 Å². The Hall–Kier alpha value is -1.16. The molecule has 2 aromatic rings. The first-order valence-corrected chi connectivity index (χ1v) is 14.2. The van der Waals surface area contributed by atoms with Crippen LogP contribution in [0.15, 0.2) is 48.5 Å². The molecule has 0 amide bonds. The number of hydrogen-bond acceptors (Lipinski definition) is 1. The van der Waals surface area contributed by atoms with Gasteiger partial charge in [-0.25, -0.2) is 0 Å². The number of benzene rings is 2. The highest BCUT2D eigenvalue weighted by Gasteiger charge is 2.61. The molecule has 174 valence electrons. The lowest BCUT2D eigenvalue weighted by Crippen LogP contribution is -3.62. The molecule has 2 atom stereocenters. The lowest BCUT2D eigenvalue weighted by atomic mass is 9.70. The van der Waals surface area contributed by atoms with Crippen LogP contribution in [-0.4, -0.2) is 5.78 Å². The predicted octanol–water partition coefficient (Wildman–Crippen LogP) is 4.81. The molecular formula is C30H42IO+. The van der Waals surface area contributed by atoms with E-state index in [1.165, 1.54) is 17.5 Å². The van der Waals surface area contributed by atoms with Gasteiger partial charge in [0.1, 0.15) is 5.78 Å². The van der Waals surface area contributed by atoms with E-state index in [-0.39, 0.29) is 42.9 Å². The molecule has 0 saturated heterocycles. The van der Waals surface area contributed by atoms with E-state index in [0.717, 1.165) is 12.8 Å². The van der Waals surface area contributed by atoms with Gasteiger partial charge < -0.3 is 0 Å². The summed E-state index contributed by atoms with van der Waals surface area (Å²) in [7, 11) is 0. The average Bonchev–Trinajstić information content (AvgIpc) is 3.01. The average molecular weight is 546 g/mol. The van der Waals surface area contributed by atoms with Crippen LogP contribution in [0.2, 0.25) is 0 Å². The van der Waals surface area contributed by atoms with E-state index >= 15 is 0 Å². The molecule has 2 heteroatoms. The molecule has 2 aliphatic rings. The topological polar surface area (TPSA) is 17.1 Å². The zero-order valence-electron chi connectivity index (χ0n) is 21.6. The van der Waals surface area contributed by atoms with Crippen molar-refractivity contribution in [3.05, 3.63) is 66.8 Å². The van der Waals surface area contributed by atoms with Gasteiger partial charge in [0.05, 0.1) is 0 Å². The second-order valence-electron chi connectivity index (χ2n) is 12.5. The predicted molar refractivity (Wildman–Crippen MR) is 132 cm³/mol. The van der Waals surface area contributed by atoms with Gasteiger partial charge in [-0.1, -0.05) is 98.7 Å². The van der Waals surface area contributed by atoms with Gasteiger partial charge in [-0.05, 0) is 47.1 Å². The minimum Gasteiger partial charge on any atom is -0.299 e. The van der Waals surface area contributed by atoms with Crippen molar-refractivity contribution in [3.8, 4) is 0 Å². The Kier molecular flexibility index (Phi) is 7.07. The molecule has 0 radical (unpaired) electrons. The van der Waals surface area contributed by atoms with Gasteiger partial charge in [0, 0.05) is 23.0 Å². The number of hydrogen-bond donors (Lipinski definition) is 0. The molecule has 2 aromatic carbocycles. The van der Waals surface area contributed by atoms with Crippen LogP contribution in [0.1, 0.15) is 92.7 Å². The van der Waals surface area contributed by atoms with E-state index < -0.39 is 0 Å². The van der Waals surface area contributed by atoms with E-state index in [2.05, 4.69) is 111 Å². The fraction of sp³-hybridized carbons (Fsp3) is 0.567. The number of rotatable bonds is 2. The Labute approximate surface area is 207 Å². The van der Waals surface area contributed by atoms with E-state index in [1.54, 1.807) is 7.14 Å². The van der Waals surface area contributed by atoms with Crippen LogP contribution >= 0.6 is 0 Å². The molecule has 0 N–H and O–H groups in total.